The molecule has 0 bridgehead atoms. The Labute approximate surface area is 243 Å². The lowest BCUT2D eigenvalue weighted by Crippen LogP contribution is -1.97. The maximum absolute atomic E-state index is 6.37. The van der Waals surface area contributed by atoms with E-state index in [9.17, 15) is 0 Å². The highest BCUT2D eigenvalue weighted by atomic mass is 35.5. The number of hydrogen-bond donors (Lipinski definition) is 0. The molecule has 7 rings (SSSR count). The van der Waals surface area contributed by atoms with Crippen molar-refractivity contribution in [3.8, 4) is 56.2 Å². The van der Waals surface area contributed by atoms with E-state index in [1.54, 1.807) is 0 Å². The van der Waals surface area contributed by atoms with Crippen LogP contribution in [0.15, 0.2) is 146 Å². The van der Waals surface area contributed by atoms with Gasteiger partial charge < -0.3 is 0 Å². The van der Waals surface area contributed by atoms with Gasteiger partial charge in [-0.15, -0.1) is 0 Å². The Morgan fingerprint density at radius 1 is 0.317 bits per heavy atom. The third-order valence-electron chi connectivity index (χ3n) is 7.28. The van der Waals surface area contributed by atoms with Gasteiger partial charge in [0, 0.05) is 11.1 Å². The van der Waals surface area contributed by atoms with Crippen molar-refractivity contribution >= 4 is 22.4 Å². The number of fused-ring (bicyclic) bond motifs is 1. The second kappa shape index (κ2) is 10.8. The molecule has 0 saturated heterocycles. The first-order valence-electron chi connectivity index (χ1n) is 13.5. The first-order valence-corrected chi connectivity index (χ1v) is 13.8. The standard InChI is InChI=1S/C37H24ClN3/c38-37-40-35(30-17-15-28(16-18-30)26-9-5-2-6-10-26)39-36(41-37)34-22-21-32-23-31(19-20-33(32)24-34)29-13-11-27(12-14-29)25-7-3-1-4-8-25/h1-24H. The van der Waals surface area contributed by atoms with Crippen LogP contribution in [-0.4, -0.2) is 15.0 Å². The molecular formula is C37H24ClN3. The van der Waals surface area contributed by atoms with E-state index < -0.39 is 0 Å². The van der Waals surface area contributed by atoms with Crippen molar-refractivity contribution in [3.05, 3.63) is 151 Å². The summed E-state index contributed by atoms with van der Waals surface area (Å²) in [5.41, 5.74) is 8.87. The Hall–Kier alpha value is -5.12. The van der Waals surface area contributed by atoms with Gasteiger partial charge in [-0.1, -0.05) is 133 Å². The molecule has 0 spiro atoms. The lowest BCUT2D eigenvalue weighted by molar-refractivity contribution is 1.07. The van der Waals surface area contributed by atoms with Crippen LogP contribution in [0.3, 0.4) is 0 Å². The summed E-state index contributed by atoms with van der Waals surface area (Å²) < 4.78 is 0. The first-order chi connectivity index (χ1) is 20.2. The van der Waals surface area contributed by atoms with Gasteiger partial charge in [0.15, 0.2) is 11.6 Å². The lowest BCUT2D eigenvalue weighted by Gasteiger charge is -2.09. The van der Waals surface area contributed by atoms with Crippen molar-refractivity contribution < 1.29 is 0 Å². The molecule has 0 fully saturated rings. The fraction of sp³-hybridized carbons (Fsp3) is 0. The Kier molecular flexibility index (Phi) is 6.56. The van der Waals surface area contributed by atoms with Gasteiger partial charge in [0.25, 0.3) is 0 Å². The van der Waals surface area contributed by atoms with Gasteiger partial charge in [-0.3, -0.25) is 0 Å². The zero-order valence-electron chi connectivity index (χ0n) is 22.1. The highest BCUT2D eigenvalue weighted by Crippen LogP contribution is 2.30. The van der Waals surface area contributed by atoms with Crippen molar-refractivity contribution in [2.45, 2.75) is 0 Å². The Morgan fingerprint density at radius 3 is 1.22 bits per heavy atom. The van der Waals surface area contributed by atoms with Crippen LogP contribution in [0.25, 0.3) is 66.9 Å². The quantitative estimate of drug-likeness (QED) is 0.216. The van der Waals surface area contributed by atoms with Crippen LogP contribution in [0.2, 0.25) is 5.28 Å². The molecule has 3 nitrogen and oxygen atoms in total. The van der Waals surface area contributed by atoms with Gasteiger partial charge in [0.2, 0.25) is 5.28 Å². The number of hydrogen-bond acceptors (Lipinski definition) is 3. The fourth-order valence-electron chi connectivity index (χ4n) is 5.10. The number of nitrogens with zero attached hydrogens (tertiary/aromatic N) is 3. The average molecular weight is 546 g/mol. The number of rotatable bonds is 5. The lowest BCUT2D eigenvalue weighted by atomic mass is 9.97. The minimum Gasteiger partial charge on any atom is -0.208 e. The van der Waals surface area contributed by atoms with Crippen molar-refractivity contribution in [2.75, 3.05) is 0 Å². The van der Waals surface area contributed by atoms with Gasteiger partial charge >= 0.3 is 0 Å². The highest BCUT2D eigenvalue weighted by Gasteiger charge is 2.11. The van der Waals surface area contributed by atoms with Crippen LogP contribution in [0.1, 0.15) is 0 Å². The second-order valence-corrected chi connectivity index (χ2v) is 10.3. The smallest absolute Gasteiger partial charge is 0.208 e. The first kappa shape index (κ1) is 24.9. The molecule has 4 heteroatoms. The van der Waals surface area contributed by atoms with E-state index in [0.29, 0.717) is 11.6 Å². The normalized spacial score (nSPS) is 11.0. The Morgan fingerprint density at radius 2 is 0.683 bits per heavy atom. The predicted molar refractivity (Wildman–Crippen MR) is 170 cm³/mol. The van der Waals surface area contributed by atoms with E-state index in [4.69, 9.17) is 16.6 Å². The third kappa shape index (κ3) is 5.23. The summed E-state index contributed by atoms with van der Waals surface area (Å²) in [7, 11) is 0. The van der Waals surface area contributed by atoms with Crippen LogP contribution in [0.4, 0.5) is 0 Å². The molecule has 1 heterocycles. The molecule has 0 aliphatic carbocycles. The summed E-state index contributed by atoms with van der Waals surface area (Å²) in [6.07, 6.45) is 0. The molecule has 0 aliphatic heterocycles. The van der Waals surface area contributed by atoms with Gasteiger partial charge in [-0.05, 0) is 67.9 Å². The maximum Gasteiger partial charge on any atom is 0.226 e. The SMILES string of the molecule is Clc1nc(-c2ccc(-c3ccccc3)cc2)nc(-c2ccc3cc(-c4ccc(-c5ccccc5)cc4)ccc3c2)n1. The highest BCUT2D eigenvalue weighted by molar-refractivity contribution is 6.28. The van der Waals surface area contributed by atoms with Crippen molar-refractivity contribution in [1.82, 2.24) is 15.0 Å². The summed E-state index contributed by atoms with van der Waals surface area (Å²) in [6.45, 7) is 0. The summed E-state index contributed by atoms with van der Waals surface area (Å²) in [5.74, 6) is 1.10. The zero-order valence-corrected chi connectivity index (χ0v) is 22.8. The molecule has 0 N–H and O–H groups in total. The van der Waals surface area contributed by atoms with Crippen LogP contribution in [-0.2, 0) is 0 Å². The Balaban J connectivity index is 1.17. The van der Waals surface area contributed by atoms with Gasteiger partial charge in [-0.2, -0.15) is 9.97 Å². The topological polar surface area (TPSA) is 38.7 Å². The predicted octanol–water partition coefficient (Wildman–Crippen LogP) is 10.0. The number of benzene rings is 6. The van der Waals surface area contributed by atoms with Crippen molar-refractivity contribution in [2.24, 2.45) is 0 Å². The second-order valence-electron chi connectivity index (χ2n) is 9.92. The van der Waals surface area contributed by atoms with E-state index in [0.717, 1.165) is 33.0 Å². The Bertz CT molecular complexity index is 1970. The monoisotopic (exact) mass is 545 g/mol. The average Bonchev–Trinajstić information content (AvgIpc) is 3.05. The third-order valence-corrected chi connectivity index (χ3v) is 7.45. The van der Waals surface area contributed by atoms with Gasteiger partial charge in [0.05, 0.1) is 0 Å². The van der Waals surface area contributed by atoms with Crippen LogP contribution < -0.4 is 0 Å². The fourth-order valence-corrected chi connectivity index (χ4v) is 5.26. The molecule has 1 aromatic heterocycles. The number of aromatic nitrogens is 3. The van der Waals surface area contributed by atoms with E-state index in [2.05, 4.69) is 113 Å². The van der Waals surface area contributed by atoms with E-state index in [1.165, 1.54) is 22.3 Å². The molecule has 0 unspecified atom stereocenters. The van der Waals surface area contributed by atoms with E-state index in [1.807, 2.05) is 42.5 Å². The maximum atomic E-state index is 6.37. The van der Waals surface area contributed by atoms with Gasteiger partial charge in [0.1, 0.15) is 0 Å². The summed E-state index contributed by atoms with van der Waals surface area (Å²) in [6, 6.07) is 50.4. The molecule has 0 amide bonds. The minimum absolute atomic E-state index is 0.173. The molecule has 0 aliphatic rings. The van der Waals surface area contributed by atoms with Gasteiger partial charge in [-0.25, -0.2) is 4.98 Å². The van der Waals surface area contributed by atoms with Crippen LogP contribution >= 0.6 is 11.6 Å². The zero-order chi connectivity index (χ0) is 27.6. The molecule has 7 aromatic rings. The molecular weight excluding hydrogens is 522 g/mol. The molecule has 0 radical (unpaired) electrons. The summed E-state index contributed by atoms with van der Waals surface area (Å²) >= 11 is 6.37. The summed E-state index contributed by atoms with van der Waals surface area (Å²) in [4.78, 5) is 13.6. The minimum atomic E-state index is 0.173. The summed E-state index contributed by atoms with van der Waals surface area (Å²) in [5, 5.41) is 2.43. The van der Waals surface area contributed by atoms with E-state index >= 15 is 0 Å². The molecule has 0 atom stereocenters. The van der Waals surface area contributed by atoms with Crippen LogP contribution in [0.5, 0.6) is 0 Å². The van der Waals surface area contributed by atoms with E-state index in [-0.39, 0.29) is 5.28 Å². The molecule has 41 heavy (non-hydrogen) atoms. The van der Waals surface area contributed by atoms with Crippen molar-refractivity contribution in [3.63, 3.8) is 0 Å². The molecule has 194 valence electrons. The van der Waals surface area contributed by atoms with Crippen molar-refractivity contribution in [1.29, 1.82) is 0 Å². The molecule has 0 saturated carbocycles. The van der Waals surface area contributed by atoms with Crippen LogP contribution in [0, 0.1) is 0 Å². The largest absolute Gasteiger partial charge is 0.226 e. The number of halogens is 1. The molecule has 6 aromatic carbocycles.